The fourth-order valence-corrected chi connectivity index (χ4v) is 4.08. The molecule has 3 heterocycles. The van der Waals surface area contributed by atoms with Crippen LogP contribution in [0, 0.1) is 0 Å². The Labute approximate surface area is 154 Å². The lowest BCUT2D eigenvalue weighted by molar-refractivity contribution is 0.557. The molecule has 25 heavy (non-hydrogen) atoms. The summed E-state index contributed by atoms with van der Waals surface area (Å²) in [5.74, 6) is 0. The summed E-state index contributed by atoms with van der Waals surface area (Å²) < 4.78 is 7.61. The van der Waals surface area contributed by atoms with Gasteiger partial charge in [0, 0.05) is 20.8 Å². The van der Waals surface area contributed by atoms with Gasteiger partial charge in [0.05, 0.1) is 18.3 Å². The molecule has 0 bridgehead atoms. The van der Waals surface area contributed by atoms with Crippen molar-refractivity contribution in [3.63, 3.8) is 0 Å². The molecule has 0 aliphatic carbocycles. The number of aromatic nitrogens is 2. The fourth-order valence-electron chi connectivity index (χ4n) is 2.81. The third kappa shape index (κ3) is 2.94. The zero-order valence-corrected chi connectivity index (χ0v) is 15.7. The molecule has 126 valence electrons. The number of benzene rings is 1. The van der Waals surface area contributed by atoms with Crippen LogP contribution in [0.2, 0.25) is 0 Å². The highest BCUT2D eigenvalue weighted by molar-refractivity contribution is 9.10. The Hall–Kier alpha value is -2.25. The van der Waals surface area contributed by atoms with E-state index in [1.165, 1.54) is 22.0 Å². The van der Waals surface area contributed by atoms with Crippen molar-refractivity contribution in [2.24, 2.45) is 0 Å². The topological polar surface area (TPSA) is 65.1 Å². The van der Waals surface area contributed by atoms with Crippen molar-refractivity contribution >= 4 is 48.5 Å². The van der Waals surface area contributed by atoms with Gasteiger partial charge in [-0.3, -0.25) is 9.36 Å². The number of hydrogen-bond donors (Lipinski definition) is 0. The summed E-state index contributed by atoms with van der Waals surface area (Å²) in [5, 5.41) is 1.42. The Balaban J connectivity index is 1.86. The molecule has 0 spiro atoms. The molecule has 0 aliphatic rings. The molecule has 0 amide bonds. The van der Waals surface area contributed by atoms with E-state index in [4.69, 9.17) is 4.42 Å². The SMILES string of the molecule is CCc1cc2c(=O)n(Cc3cc(=O)oc4cc(Br)ccc34)cnc2s1. The first-order valence-corrected chi connectivity index (χ1v) is 9.36. The first-order chi connectivity index (χ1) is 12.0. The van der Waals surface area contributed by atoms with Crippen molar-refractivity contribution in [2.45, 2.75) is 19.9 Å². The van der Waals surface area contributed by atoms with Crippen LogP contribution >= 0.6 is 27.3 Å². The second-order valence-electron chi connectivity index (χ2n) is 5.69. The maximum atomic E-state index is 12.8. The van der Waals surface area contributed by atoms with Crippen LogP contribution in [0.1, 0.15) is 17.4 Å². The lowest BCUT2D eigenvalue weighted by Gasteiger charge is -2.08. The molecule has 0 N–H and O–H groups in total. The number of fused-ring (bicyclic) bond motifs is 2. The van der Waals surface area contributed by atoms with Crippen molar-refractivity contribution < 1.29 is 4.42 Å². The van der Waals surface area contributed by atoms with E-state index in [1.807, 2.05) is 18.2 Å². The molecule has 0 saturated carbocycles. The summed E-state index contributed by atoms with van der Waals surface area (Å²) in [4.78, 5) is 30.9. The molecular formula is C18H13BrN2O3S. The highest BCUT2D eigenvalue weighted by Gasteiger charge is 2.11. The molecule has 4 rings (SSSR count). The van der Waals surface area contributed by atoms with Gasteiger partial charge in [0.1, 0.15) is 10.4 Å². The number of nitrogens with zero attached hydrogens (tertiary/aromatic N) is 2. The first kappa shape index (κ1) is 16.2. The van der Waals surface area contributed by atoms with E-state index in [1.54, 1.807) is 12.4 Å². The van der Waals surface area contributed by atoms with Crippen LogP contribution in [0.25, 0.3) is 21.2 Å². The quantitative estimate of drug-likeness (QED) is 0.474. The predicted octanol–water partition coefficient (Wildman–Crippen LogP) is 3.94. The summed E-state index contributed by atoms with van der Waals surface area (Å²) >= 11 is 4.91. The van der Waals surface area contributed by atoms with Crippen LogP contribution in [0.4, 0.5) is 0 Å². The summed E-state index contributed by atoms with van der Waals surface area (Å²) in [5.41, 5.74) is 0.682. The number of aryl methyl sites for hydroxylation is 1. The maximum Gasteiger partial charge on any atom is 0.336 e. The molecule has 0 atom stereocenters. The maximum absolute atomic E-state index is 12.8. The van der Waals surface area contributed by atoms with Gasteiger partial charge in [0.15, 0.2) is 0 Å². The lowest BCUT2D eigenvalue weighted by atomic mass is 10.1. The van der Waals surface area contributed by atoms with E-state index in [0.29, 0.717) is 11.0 Å². The van der Waals surface area contributed by atoms with Crippen molar-refractivity contribution in [2.75, 3.05) is 0 Å². The number of thiophene rings is 1. The monoisotopic (exact) mass is 416 g/mol. The standard InChI is InChI=1S/C18H13BrN2O3S/c1-2-12-7-14-17(25-12)20-9-21(18(14)23)8-10-5-16(22)24-15-6-11(19)3-4-13(10)15/h3-7,9H,2,8H2,1H3. The number of halogens is 1. The Morgan fingerprint density at radius 3 is 2.84 bits per heavy atom. The Morgan fingerprint density at radius 1 is 1.20 bits per heavy atom. The second kappa shape index (κ2) is 6.24. The molecule has 7 heteroatoms. The average Bonchev–Trinajstić information content (AvgIpc) is 3.01. The van der Waals surface area contributed by atoms with Gasteiger partial charge in [-0.1, -0.05) is 22.9 Å². The fraction of sp³-hybridized carbons (Fsp3) is 0.167. The van der Waals surface area contributed by atoms with E-state index in [-0.39, 0.29) is 12.1 Å². The number of rotatable bonds is 3. The Kier molecular flexibility index (Phi) is 4.05. The molecule has 3 aromatic heterocycles. The van der Waals surface area contributed by atoms with E-state index in [2.05, 4.69) is 27.8 Å². The second-order valence-corrected chi connectivity index (χ2v) is 7.72. The lowest BCUT2D eigenvalue weighted by Crippen LogP contribution is -2.21. The van der Waals surface area contributed by atoms with Crippen LogP contribution in [0.5, 0.6) is 0 Å². The van der Waals surface area contributed by atoms with E-state index in [0.717, 1.165) is 31.6 Å². The van der Waals surface area contributed by atoms with Gasteiger partial charge >= 0.3 is 5.63 Å². The van der Waals surface area contributed by atoms with Gasteiger partial charge in [-0.15, -0.1) is 11.3 Å². The third-order valence-corrected chi connectivity index (χ3v) is 5.73. The Morgan fingerprint density at radius 2 is 2.04 bits per heavy atom. The van der Waals surface area contributed by atoms with E-state index >= 15 is 0 Å². The largest absolute Gasteiger partial charge is 0.423 e. The molecule has 1 aromatic carbocycles. The van der Waals surface area contributed by atoms with Crippen LogP contribution < -0.4 is 11.2 Å². The highest BCUT2D eigenvalue weighted by Crippen LogP contribution is 2.23. The summed E-state index contributed by atoms with van der Waals surface area (Å²) in [6, 6.07) is 8.83. The summed E-state index contributed by atoms with van der Waals surface area (Å²) in [6.07, 6.45) is 2.42. The minimum absolute atomic E-state index is 0.0977. The van der Waals surface area contributed by atoms with Crippen LogP contribution in [-0.2, 0) is 13.0 Å². The van der Waals surface area contributed by atoms with Gasteiger partial charge in [-0.2, -0.15) is 0 Å². The van der Waals surface area contributed by atoms with Crippen LogP contribution in [0.3, 0.4) is 0 Å². The highest BCUT2D eigenvalue weighted by atomic mass is 79.9. The van der Waals surface area contributed by atoms with Gasteiger partial charge in [0.25, 0.3) is 5.56 Å². The summed E-state index contributed by atoms with van der Waals surface area (Å²) in [7, 11) is 0. The van der Waals surface area contributed by atoms with Crippen molar-refractivity contribution in [1.29, 1.82) is 0 Å². The smallest absolute Gasteiger partial charge is 0.336 e. The molecule has 0 saturated heterocycles. The van der Waals surface area contributed by atoms with Crippen molar-refractivity contribution in [3.8, 4) is 0 Å². The van der Waals surface area contributed by atoms with Gasteiger partial charge < -0.3 is 4.42 Å². The third-order valence-electron chi connectivity index (χ3n) is 4.05. The molecule has 0 unspecified atom stereocenters. The molecule has 0 radical (unpaired) electrons. The average molecular weight is 417 g/mol. The van der Waals surface area contributed by atoms with Crippen molar-refractivity contribution in [1.82, 2.24) is 9.55 Å². The summed E-state index contributed by atoms with van der Waals surface area (Å²) in [6.45, 7) is 2.32. The normalized spacial score (nSPS) is 11.4. The molecular weight excluding hydrogens is 404 g/mol. The van der Waals surface area contributed by atoms with Gasteiger partial charge in [-0.05, 0) is 36.2 Å². The van der Waals surface area contributed by atoms with E-state index < -0.39 is 5.63 Å². The molecule has 0 fully saturated rings. The zero-order chi connectivity index (χ0) is 17.6. The predicted molar refractivity (Wildman–Crippen MR) is 103 cm³/mol. The van der Waals surface area contributed by atoms with Gasteiger partial charge in [0.2, 0.25) is 0 Å². The minimum atomic E-state index is -0.438. The molecule has 5 nitrogen and oxygen atoms in total. The zero-order valence-electron chi connectivity index (χ0n) is 13.3. The first-order valence-electron chi connectivity index (χ1n) is 7.75. The van der Waals surface area contributed by atoms with Crippen molar-refractivity contribution in [3.05, 3.63) is 72.3 Å². The molecule has 0 aliphatic heterocycles. The minimum Gasteiger partial charge on any atom is -0.423 e. The Bertz CT molecular complexity index is 1220. The van der Waals surface area contributed by atoms with Crippen LogP contribution in [0.15, 0.2) is 55.1 Å². The molecule has 4 aromatic rings. The number of hydrogen-bond acceptors (Lipinski definition) is 5. The van der Waals surface area contributed by atoms with Gasteiger partial charge in [-0.25, -0.2) is 9.78 Å². The van der Waals surface area contributed by atoms with E-state index in [9.17, 15) is 9.59 Å². The van der Waals surface area contributed by atoms with Crippen LogP contribution in [-0.4, -0.2) is 9.55 Å².